The standard InChI is InChI=1S/C16H22BrClN2O/c1-11(2)21-9-5-4-8-20-15-10-13(17)6-7-14(15)19-16(20)12(3)18/h6-7,10-12H,4-5,8-9H2,1-3H3. The van der Waals surface area contributed by atoms with E-state index in [0.717, 1.165) is 47.3 Å². The van der Waals surface area contributed by atoms with E-state index in [0.29, 0.717) is 6.10 Å². The Labute approximate surface area is 139 Å². The number of unbranched alkanes of at least 4 members (excludes halogenated alkanes) is 1. The van der Waals surface area contributed by atoms with Gasteiger partial charge < -0.3 is 9.30 Å². The molecule has 116 valence electrons. The summed E-state index contributed by atoms with van der Waals surface area (Å²) in [6.07, 6.45) is 2.40. The molecule has 1 atom stereocenters. The number of imidazole rings is 1. The Kier molecular flexibility index (Phi) is 6.08. The maximum atomic E-state index is 6.28. The first-order chi connectivity index (χ1) is 9.99. The van der Waals surface area contributed by atoms with Crippen LogP contribution in [-0.4, -0.2) is 22.3 Å². The minimum atomic E-state index is -0.0944. The Hall–Kier alpha value is -0.580. The number of benzene rings is 1. The van der Waals surface area contributed by atoms with E-state index in [4.69, 9.17) is 16.3 Å². The molecule has 0 aliphatic carbocycles. The van der Waals surface area contributed by atoms with Gasteiger partial charge in [0.1, 0.15) is 5.82 Å². The van der Waals surface area contributed by atoms with Crippen molar-refractivity contribution in [1.29, 1.82) is 0 Å². The van der Waals surface area contributed by atoms with Gasteiger partial charge >= 0.3 is 0 Å². The fraction of sp³-hybridized carbons (Fsp3) is 0.562. The van der Waals surface area contributed by atoms with Gasteiger partial charge in [0.15, 0.2) is 0 Å². The smallest absolute Gasteiger partial charge is 0.127 e. The lowest BCUT2D eigenvalue weighted by Gasteiger charge is -2.11. The number of halogens is 2. The molecular formula is C16H22BrClN2O. The molecule has 0 fully saturated rings. The quantitative estimate of drug-likeness (QED) is 0.486. The van der Waals surface area contributed by atoms with Gasteiger partial charge in [0, 0.05) is 17.6 Å². The lowest BCUT2D eigenvalue weighted by molar-refractivity contribution is 0.0754. The fourth-order valence-electron chi connectivity index (χ4n) is 2.34. The predicted octanol–water partition coefficient (Wildman–Crippen LogP) is 5.30. The molecule has 0 aliphatic heterocycles. The zero-order valence-corrected chi connectivity index (χ0v) is 15.1. The number of nitrogens with zero attached hydrogens (tertiary/aromatic N) is 2. The molecule has 0 amide bonds. The molecule has 0 saturated carbocycles. The lowest BCUT2D eigenvalue weighted by Crippen LogP contribution is -2.07. The zero-order chi connectivity index (χ0) is 15.4. The van der Waals surface area contributed by atoms with Crippen LogP contribution >= 0.6 is 27.5 Å². The van der Waals surface area contributed by atoms with Crippen LogP contribution in [0.5, 0.6) is 0 Å². The van der Waals surface area contributed by atoms with Crippen molar-refractivity contribution in [2.75, 3.05) is 6.61 Å². The average molecular weight is 374 g/mol. The van der Waals surface area contributed by atoms with Crippen LogP contribution in [0.1, 0.15) is 44.8 Å². The molecular weight excluding hydrogens is 352 g/mol. The molecule has 21 heavy (non-hydrogen) atoms. The summed E-state index contributed by atoms with van der Waals surface area (Å²) in [5.74, 6) is 0.939. The molecule has 1 aromatic heterocycles. The van der Waals surface area contributed by atoms with E-state index in [-0.39, 0.29) is 5.38 Å². The lowest BCUT2D eigenvalue weighted by atomic mass is 10.3. The summed E-state index contributed by atoms with van der Waals surface area (Å²) in [6.45, 7) is 7.82. The normalized spacial score (nSPS) is 13.2. The Morgan fingerprint density at radius 2 is 2.05 bits per heavy atom. The van der Waals surface area contributed by atoms with E-state index >= 15 is 0 Å². The highest BCUT2D eigenvalue weighted by atomic mass is 79.9. The third-order valence-electron chi connectivity index (χ3n) is 3.32. The van der Waals surface area contributed by atoms with E-state index in [1.165, 1.54) is 0 Å². The van der Waals surface area contributed by atoms with E-state index in [1.54, 1.807) is 0 Å². The van der Waals surface area contributed by atoms with Crippen molar-refractivity contribution in [3.05, 3.63) is 28.5 Å². The second kappa shape index (κ2) is 7.61. The predicted molar refractivity (Wildman–Crippen MR) is 92.0 cm³/mol. The van der Waals surface area contributed by atoms with Crippen molar-refractivity contribution in [2.45, 2.75) is 51.6 Å². The first-order valence-corrected chi connectivity index (χ1v) is 8.63. The molecule has 1 unspecified atom stereocenters. The third kappa shape index (κ3) is 4.44. The maximum absolute atomic E-state index is 6.28. The highest BCUT2D eigenvalue weighted by Crippen LogP contribution is 2.27. The summed E-state index contributed by atoms with van der Waals surface area (Å²) in [6, 6.07) is 6.15. The molecule has 0 spiro atoms. The Balaban J connectivity index is 2.12. The van der Waals surface area contributed by atoms with Crippen molar-refractivity contribution in [2.24, 2.45) is 0 Å². The summed E-state index contributed by atoms with van der Waals surface area (Å²) in [5, 5.41) is -0.0944. The summed E-state index contributed by atoms with van der Waals surface area (Å²) in [7, 11) is 0. The van der Waals surface area contributed by atoms with Crippen LogP contribution in [0.25, 0.3) is 11.0 Å². The zero-order valence-electron chi connectivity index (χ0n) is 12.8. The second-order valence-corrected chi connectivity index (χ2v) is 7.07. The van der Waals surface area contributed by atoms with Crippen molar-refractivity contribution in [3.63, 3.8) is 0 Å². The maximum Gasteiger partial charge on any atom is 0.127 e. The Morgan fingerprint density at radius 3 is 2.71 bits per heavy atom. The van der Waals surface area contributed by atoms with Crippen molar-refractivity contribution >= 4 is 38.6 Å². The topological polar surface area (TPSA) is 27.1 Å². The Bertz CT molecular complexity index is 595. The van der Waals surface area contributed by atoms with Crippen molar-refractivity contribution in [3.8, 4) is 0 Å². The minimum Gasteiger partial charge on any atom is -0.379 e. The highest BCUT2D eigenvalue weighted by molar-refractivity contribution is 9.10. The van der Waals surface area contributed by atoms with Crippen molar-refractivity contribution < 1.29 is 4.74 Å². The summed E-state index contributed by atoms with van der Waals surface area (Å²) in [4.78, 5) is 4.66. The van der Waals surface area contributed by atoms with Gasteiger partial charge in [-0.2, -0.15) is 0 Å². The number of hydrogen-bond donors (Lipinski definition) is 0. The molecule has 0 bridgehead atoms. The van der Waals surface area contributed by atoms with Crippen LogP contribution in [0.2, 0.25) is 0 Å². The van der Waals surface area contributed by atoms with Crippen LogP contribution in [0.15, 0.2) is 22.7 Å². The molecule has 0 saturated heterocycles. The van der Waals surface area contributed by atoms with Gasteiger partial charge in [-0.05, 0) is 51.8 Å². The fourth-order valence-corrected chi connectivity index (χ4v) is 2.86. The van der Waals surface area contributed by atoms with Gasteiger partial charge in [-0.3, -0.25) is 0 Å². The van der Waals surface area contributed by atoms with Crippen LogP contribution < -0.4 is 0 Å². The number of aromatic nitrogens is 2. The van der Waals surface area contributed by atoms with E-state index in [9.17, 15) is 0 Å². The number of alkyl halides is 1. The van der Waals surface area contributed by atoms with Gasteiger partial charge in [-0.15, -0.1) is 11.6 Å². The largest absolute Gasteiger partial charge is 0.379 e. The molecule has 1 aromatic carbocycles. The monoisotopic (exact) mass is 372 g/mol. The van der Waals surface area contributed by atoms with Crippen LogP contribution in [0.3, 0.4) is 0 Å². The van der Waals surface area contributed by atoms with Gasteiger partial charge in [-0.25, -0.2) is 4.98 Å². The first-order valence-electron chi connectivity index (χ1n) is 7.40. The highest BCUT2D eigenvalue weighted by Gasteiger charge is 2.14. The van der Waals surface area contributed by atoms with E-state index < -0.39 is 0 Å². The van der Waals surface area contributed by atoms with Gasteiger partial charge in [-0.1, -0.05) is 15.9 Å². The van der Waals surface area contributed by atoms with E-state index in [1.807, 2.05) is 19.1 Å². The van der Waals surface area contributed by atoms with Gasteiger partial charge in [0.05, 0.1) is 22.5 Å². The molecule has 2 aromatic rings. The first kappa shape index (κ1) is 16.8. The molecule has 0 radical (unpaired) electrons. The second-order valence-electron chi connectivity index (χ2n) is 5.50. The number of fused-ring (bicyclic) bond motifs is 1. The van der Waals surface area contributed by atoms with Gasteiger partial charge in [0.25, 0.3) is 0 Å². The number of hydrogen-bond acceptors (Lipinski definition) is 2. The summed E-state index contributed by atoms with van der Waals surface area (Å²) < 4.78 is 8.88. The van der Waals surface area contributed by atoms with Crippen LogP contribution in [-0.2, 0) is 11.3 Å². The minimum absolute atomic E-state index is 0.0944. The SMILES string of the molecule is CC(C)OCCCCn1c(C(C)Cl)nc2ccc(Br)cc21. The molecule has 1 heterocycles. The van der Waals surface area contributed by atoms with Crippen LogP contribution in [0, 0.1) is 0 Å². The van der Waals surface area contributed by atoms with Gasteiger partial charge in [0.2, 0.25) is 0 Å². The molecule has 0 N–H and O–H groups in total. The third-order valence-corrected chi connectivity index (χ3v) is 4.01. The number of ether oxygens (including phenoxy) is 1. The van der Waals surface area contributed by atoms with Crippen LogP contribution in [0.4, 0.5) is 0 Å². The summed E-state index contributed by atoms with van der Waals surface area (Å²) >= 11 is 9.81. The van der Waals surface area contributed by atoms with E-state index in [2.05, 4.69) is 45.4 Å². The molecule has 3 nitrogen and oxygen atoms in total. The Morgan fingerprint density at radius 1 is 1.29 bits per heavy atom. The molecule has 0 aliphatic rings. The molecule has 5 heteroatoms. The number of rotatable bonds is 7. The number of aryl methyl sites for hydroxylation is 1. The molecule has 2 rings (SSSR count). The average Bonchev–Trinajstić information content (AvgIpc) is 2.76. The summed E-state index contributed by atoms with van der Waals surface area (Å²) in [5.41, 5.74) is 2.13. The van der Waals surface area contributed by atoms with Crippen molar-refractivity contribution in [1.82, 2.24) is 9.55 Å².